The molecule has 2 aromatic heterocycles. The number of hydrogen-bond acceptors (Lipinski definition) is 4. The molecule has 0 aliphatic heterocycles. The first-order chi connectivity index (χ1) is 17.7. The average molecular weight is 750 g/mol. The third kappa shape index (κ3) is 5.45. The van der Waals surface area contributed by atoms with Crippen LogP contribution in [0.25, 0.3) is 32.1 Å². The van der Waals surface area contributed by atoms with Crippen LogP contribution >= 0.6 is 11.3 Å². The Hall–Kier alpha value is -3.22. The van der Waals surface area contributed by atoms with Gasteiger partial charge in [0.25, 0.3) is 0 Å². The molecule has 5 aromatic rings. The van der Waals surface area contributed by atoms with Crippen molar-refractivity contribution in [3.8, 4) is 22.2 Å². The number of rotatable bonds is 3. The molecule has 0 fully saturated rings. The molecule has 0 amide bonds. The van der Waals surface area contributed by atoms with Crippen LogP contribution in [-0.2, 0) is 38.6 Å². The van der Waals surface area contributed by atoms with Crippen molar-refractivity contribution in [1.82, 2.24) is 10.2 Å². The molecule has 0 saturated carbocycles. The largest absolute Gasteiger partial charge is 0.436 e. The summed E-state index contributed by atoms with van der Waals surface area (Å²) in [5, 5.41) is 11.2. The van der Waals surface area contributed by atoms with Gasteiger partial charge in [0.05, 0.1) is 11.1 Å². The fourth-order valence-corrected chi connectivity index (χ4v) is 4.68. The maximum Gasteiger partial charge on any atom is 0.420 e. The second-order valence-electron chi connectivity index (χ2n) is 7.95. The smallest absolute Gasteiger partial charge is 0.420 e. The molecule has 3 aromatic carbocycles. The maximum atomic E-state index is 13.9. The van der Waals surface area contributed by atoms with Gasteiger partial charge in [-0.25, -0.2) is 16.4 Å². The Bertz CT molecular complexity index is 1660. The molecule has 0 bridgehead atoms. The van der Waals surface area contributed by atoms with Crippen LogP contribution in [0, 0.1) is 6.07 Å². The summed E-state index contributed by atoms with van der Waals surface area (Å²) in [4.78, 5) is 0.522. The molecule has 2 heterocycles. The second-order valence-corrected chi connectivity index (χ2v) is 8.87. The third-order valence-electron chi connectivity index (χ3n) is 5.54. The normalized spacial score (nSPS) is 12.5. The molecule has 5 rings (SSSR count). The average Bonchev–Trinajstić information content (AvgIpc) is 3.35. The van der Waals surface area contributed by atoms with Gasteiger partial charge in [-0.3, -0.25) is 0 Å². The summed E-state index contributed by atoms with van der Waals surface area (Å²) in [6.07, 6.45) is -17.6. The van der Waals surface area contributed by atoms with Gasteiger partial charge in [0, 0.05) is 31.2 Å². The van der Waals surface area contributed by atoms with Crippen molar-refractivity contribution in [2.24, 2.45) is 0 Å². The Morgan fingerprint density at radius 1 is 0.718 bits per heavy atom. The number of halogens is 9. The van der Waals surface area contributed by atoms with Crippen LogP contribution < -0.4 is 4.74 Å². The van der Waals surface area contributed by atoms with Crippen LogP contribution in [0.3, 0.4) is 0 Å². The van der Waals surface area contributed by atoms with E-state index in [1.54, 1.807) is 41.8 Å². The fraction of sp³-hybridized carbons (Fsp3) is 0.120. The second kappa shape index (κ2) is 10.1. The van der Waals surface area contributed by atoms with Crippen molar-refractivity contribution < 1.29 is 64.4 Å². The molecule has 0 unspecified atom stereocenters. The zero-order valence-corrected chi connectivity index (χ0v) is 21.9. The molecule has 0 aliphatic rings. The molecule has 39 heavy (non-hydrogen) atoms. The predicted octanol–water partition coefficient (Wildman–Crippen LogP) is 9.16. The van der Waals surface area contributed by atoms with E-state index in [-0.39, 0.29) is 43.3 Å². The van der Waals surface area contributed by atoms with E-state index in [2.05, 4.69) is 16.3 Å². The summed E-state index contributed by atoms with van der Waals surface area (Å²) in [5.41, 5.74) is -7.73. The van der Waals surface area contributed by atoms with Gasteiger partial charge in [-0.15, -0.1) is 10.5 Å². The molecule has 0 saturated heterocycles. The Morgan fingerprint density at radius 3 is 1.87 bits per heavy atom. The standard InChI is InChI=1S/C25H10F9N2OS.Ir/c26-23(27,28)16-7-8-17(20(25(32,33)34)19(16)24(29,30)31)37-22-15-11-13-5-2-1-4-12(13)10-14(15)21(35-36-22)18-6-3-9-38-18;/h1-5,7-11H;/q-1;. The number of benzene rings is 3. The topological polar surface area (TPSA) is 35.0 Å². The molecular weight excluding hydrogens is 740 g/mol. The zero-order valence-electron chi connectivity index (χ0n) is 18.7. The van der Waals surface area contributed by atoms with E-state index in [0.29, 0.717) is 21.0 Å². The van der Waals surface area contributed by atoms with Crippen LogP contribution in [0.1, 0.15) is 16.7 Å². The van der Waals surface area contributed by atoms with Crippen LogP contribution in [0.2, 0.25) is 0 Å². The summed E-state index contributed by atoms with van der Waals surface area (Å²) in [6.45, 7) is 0. The predicted molar refractivity (Wildman–Crippen MR) is 121 cm³/mol. The van der Waals surface area contributed by atoms with Crippen molar-refractivity contribution in [3.63, 3.8) is 0 Å². The monoisotopic (exact) mass is 750 g/mol. The van der Waals surface area contributed by atoms with E-state index in [4.69, 9.17) is 4.74 Å². The molecular formula is C25H10F9IrN2OS-. The van der Waals surface area contributed by atoms with Gasteiger partial charge >= 0.3 is 18.5 Å². The summed E-state index contributed by atoms with van der Waals surface area (Å²) in [6, 6.07) is 14.6. The number of alkyl halides is 9. The van der Waals surface area contributed by atoms with Crippen LogP contribution in [-0.4, -0.2) is 10.2 Å². The van der Waals surface area contributed by atoms with Crippen LogP contribution in [0.4, 0.5) is 39.5 Å². The molecule has 3 nitrogen and oxygen atoms in total. The van der Waals surface area contributed by atoms with E-state index < -0.39 is 46.8 Å². The Balaban J connectivity index is 0.00000353. The first-order valence-electron chi connectivity index (χ1n) is 10.5. The number of nitrogens with zero attached hydrogens (tertiary/aromatic N) is 2. The number of thiophene rings is 1. The first kappa shape index (κ1) is 28.8. The van der Waals surface area contributed by atoms with Gasteiger partial charge in [0.1, 0.15) is 11.3 Å². The van der Waals surface area contributed by atoms with E-state index in [1.165, 1.54) is 17.4 Å². The third-order valence-corrected chi connectivity index (χ3v) is 6.36. The number of fused-ring (bicyclic) bond motifs is 2. The van der Waals surface area contributed by atoms with Gasteiger partial charge in [-0.05, 0) is 34.4 Å². The maximum absolute atomic E-state index is 13.9. The SMILES string of the molecule is FC(F)(F)c1ccc(Oc2nnc(-c3[c-]ccs3)c3cc4ccccc4cc23)c(C(F)(F)F)c1C(F)(F)F.[Ir]. The van der Waals surface area contributed by atoms with Gasteiger partial charge in [0.2, 0.25) is 5.88 Å². The summed E-state index contributed by atoms with van der Waals surface area (Å²) >= 11 is 1.24. The van der Waals surface area contributed by atoms with E-state index in [1.807, 2.05) is 0 Å². The summed E-state index contributed by atoms with van der Waals surface area (Å²) < 4.78 is 128. The van der Waals surface area contributed by atoms with Gasteiger partial charge in [0.15, 0.2) is 0 Å². The van der Waals surface area contributed by atoms with E-state index in [0.717, 1.165) is 0 Å². The molecule has 0 N–H and O–H groups in total. The Morgan fingerprint density at radius 2 is 1.33 bits per heavy atom. The quantitative estimate of drug-likeness (QED) is 0.105. The van der Waals surface area contributed by atoms with E-state index >= 15 is 0 Å². The molecule has 14 heteroatoms. The van der Waals surface area contributed by atoms with Crippen molar-refractivity contribution in [2.45, 2.75) is 18.5 Å². The molecule has 0 atom stereocenters. The number of hydrogen-bond donors (Lipinski definition) is 0. The van der Waals surface area contributed by atoms with Crippen molar-refractivity contribution in [1.29, 1.82) is 0 Å². The van der Waals surface area contributed by atoms with Crippen LogP contribution in [0.15, 0.2) is 60.0 Å². The Kier molecular flexibility index (Phi) is 7.43. The van der Waals surface area contributed by atoms with Crippen LogP contribution in [0.5, 0.6) is 11.6 Å². The molecule has 205 valence electrons. The number of aromatic nitrogens is 2. The fourth-order valence-electron chi connectivity index (χ4n) is 4.01. The van der Waals surface area contributed by atoms with Gasteiger partial charge in [-0.1, -0.05) is 35.2 Å². The zero-order chi connectivity index (χ0) is 27.5. The van der Waals surface area contributed by atoms with E-state index in [9.17, 15) is 39.5 Å². The minimum Gasteiger partial charge on any atom is -0.436 e. The summed E-state index contributed by atoms with van der Waals surface area (Å²) in [7, 11) is 0. The number of ether oxygens (including phenoxy) is 1. The molecule has 0 spiro atoms. The van der Waals surface area contributed by atoms with Gasteiger partial charge < -0.3 is 4.74 Å². The Labute approximate surface area is 230 Å². The molecule has 1 radical (unpaired) electrons. The van der Waals surface area contributed by atoms with Crippen molar-refractivity contribution in [3.05, 3.63) is 82.7 Å². The van der Waals surface area contributed by atoms with Gasteiger partial charge in [-0.2, -0.15) is 51.6 Å². The summed E-state index contributed by atoms with van der Waals surface area (Å²) in [5.74, 6) is -2.12. The first-order valence-corrected chi connectivity index (χ1v) is 11.3. The van der Waals surface area contributed by atoms with Crippen molar-refractivity contribution in [2.75, 3.05) is 0 Å². The minimum atomic E-state index is -6.00. The molecule has 0 aliphatic carbocycles. The van der Waals surface area contributed by atoms with Crippen molar-refractivity contribution >= 4 is 32.9 Å². The minimum absolute atomic E-state index is 0.